The van der Waals surface area contributed by atoms with Crippen LogP contribution in [-0.4, -0.2) is 55.7 Å². The van der Waals surface area contributed by atoms with Crippen LogP contribution in [0.5, 0.6) is 0 Å². The molecule has 2 amide bonds. The van der Waals surface area contributed by atoms with Gasteiger partial charge in [0, 0.05) is 31.0 Å². The van der Waals surface area contributed by atoms with Gasteiger partial charge in [0.25, 0.3) is 5.69 Å². The minimum Gasteiger partial charge on any atom is -0.469 e. The van der Waals surface area contributed by atoms with Crippen molar-refractivity contribution >= 4 is 29.6 Å². The van der Waals surface area contributed by atoms with Crippen LogP contribution in [0.15, 0.2) is 54.6 Å². The molecule has 2 aromatic rings. The number of hydrogen-bond acceptors (Lipinski definition) is 9. The first-order chi connectivity index (χ1) is 18.7. The van der Waals surface area contributed by atoms with Gasteiger partial charge in [-0.25, -0.2) is 9.59 Å². The number of hydrogen-bond donors (Lipinski definition) is 2. The molecule has 0 aliphatic heterocycles. The number of non-ortho nitro benzene ring substituents is 1. The molecule has 0 aliphatic carbocycles. The molecule has 39 heavy (non-hydrogen) atoms. The van der Waals surface area contributed by atoms with Crippen LogP contribution >= 0.6 is 0 Å². The van der Waals surface area contributed by atoms with E-state index in [1.54, 1.807) is 0 Å². The molecule has 210 valence electrons. The maximum atomic E-state index is 12.7. The molecule has 12 heteroatoms. The lowest BCUT2D eigenvalue weighted by atomic mass is 9.88. The molecule has 0 fully saturated rings. The topological polar surface area (TPSA) is 163 Å². The van der Waals surface area contributed by atoms with Gasteiger partial charge in [0.1, 0.15) is 12.6 Å². The number of nitro benzene ring substituents is 1. The lowest BCUT2D eigenvalue weighted by molar-refractivity contribution is -0.384. The molecule has 0 heterocycles. The highest BCUT2D eigenvalue weighted by Crippen LogP contribution is 2.27. The number of nitrogens with one attached hydrogen (secondary N) is 2. The summed E-state index contributed by atoms with van der Waals surface area (Å²) >= 11 is 0. The molecular weight excluding hydrogens is 510 g/mol. The third kappa shape index (κ3) is 10.8. The highest BCUT2D eigenvalue weighted by molar-refractivity contribution is 5.86. The summed E-state index contributed by atoms with van der Waals surface area (Å²) in [6, 6.07) is 13.4. The van der Waals surface area contributed by atoms with Crippen molar-refractivity contribution < 1.29 is 38.3 Å². The fraction of sp³-hybridized carbons (Fsp3) is 0.407. The second-order valence-electron chi connectivity index (χ2n) is 8.60. The summed E-state index contributed by atoms with van der Waals surface area (Å²) in [5.74, 6) is -2.71. The summed E-state index contributed by atoms with van der Waals surface area (Å²) in [5, 5.41) is 16.3. The van der Waals surface area contributed by atoms with Crippen molar-refractivity contribution in [2.45, 2.75) is 50.7 Å². The van der Waals surface area contributed by atoms with E-state index in [1.165, 1.54) is 31.4 Å². The third-order valence-electron chi connectivity index (χ3n) is 5.88. The Bertz CT molecular complexity index is 1110. The average Bonchev–Trinajstić information content (AvgIpc) is 2.95. The van der Waals surface area contributed by atoms with Gasteiger partial charge < -0.3 is 24.8 Å². The van der Waals surface area contributed by atoms with Gasteiger partial charge in [0.05, 0.1) is 25.6 Å². The molecule has 0 bridgehead atoms. The fourth-order valence-corrected chi connectivity index (χ4v) is 3.78. The number of unbranched alkanes of at least 4 members (excludes halogenated alkanes) is 2. The van der Waals surface area contributed by atoms with E-state index >= 15 is 0 Å². The number of nitro groups is 1. The Labute approximate surface area is 226 Å². The highest BCUT2D eigenvalue weighted by atomic mass is 16.6. The van der Waals surface area contributed by atoms with Gasteiger partial charge in [0.2, 0.25) is 5.91 Å². The minimum absolute atomic E-state index is 0.0944. The normalized spacial score (nSPS) is 11.9. The van der Waals surface area contributed by atoms with Crippen LogP contribution in [0.25, 0.3) is 0 Å². The van der Waals surface area contributed by atoms with Crippen LogP contribution in [0.1, 0.15) is 49.1 Å². The number of amides is 2. The molecule has 2 atom stereocenters. The number of alkyl carbamates (subject to hydrolysis) is 1. The highest BCUT2D eigenvalue weighted by Gasteiger charge is 2.34. The van der Waals surface area contributed by atoms with Gasteiger partial charge in [-0.05, 0) is 24.0 Å². The van der Waals surface area contributed by atoms with Crippen molar-refractivity contribution in [2.75, 3.05) is 20.8 Å². The molecular formula is C27H33N3O9. The van der Waals surface area contributed by atoms with E-state index in [9.17, 15) is 29.3 Å². The zero-order chi connectivity index (χ0) is 28.6. The zero-order valence-electron chi connectivity index (χ0n) is 21.9. The number of benzene rings is 2. The quantitative estimate of drug-likeness (QED) is 0.113. The Morgan fingerprint density at radius 2 is 1.62 bits per heavy atom. The van der Waals surface area contributed by atoms with Crippen LogP contribution in [0.3, 0.4) is 0 Å². The third-order valence-corrected chi connectivity index (χ3v) is 5.88. The van der Waals surface area contributed by atoms with Crippen molar-refractivity contribution in [3.05, 3.63) is 75.8 Å². The summed E-state index contributed by atoms with van der Waals surface area (Å²) in [6.45, 7) is 0.548. The van der Waals surface area contributed by atoms with Gasteiger partial charge in [-0.1, -0.05) is 48.9 Å². The molecule has 2 rings (SSSR count). The second kappa shape index (κ2) is 16.4. The van der Waals surface area contributed by atoms with Crippen LogP contribution in [0, 0.1) is 10.1 Å². The molecule has 2 N–H and O–H groups in total. The summed E-state index contributed by atoms with van der Waals surface area (Å²) in [4.78, 5) is 59.5. The molecule has 0 saturated heterocycles. The summed E-state index contributed by atoms with van der Waals surface area (Å²) in [7, 11) is 2.35. The molecule has 0 spiro atoms. The van der Waals surface area contributed by atoms with E-state index in [1.807, 2.05) is 30.3 Å². The van der Waals surface area contributed by atoms with Crippen molar-refractivity contribution in [3.63, 3.8) is 0 Å². The van der Waals surface area contributed by atoms with E-state index in [2.05, 4.69) is 10.6 Å². The summed E-state index contributed by atoms with van der Waals surface area (Å²) in [5.41, 5.74) is 1.14. The average molecular weight is 544 g/mol. The van der Waals surface area contributed by atoms with Crippen molar-refractivity contribution in [1.82, 2.24) is 10.6 Å². The maximum Gasteiger partial charge on any atom is 0.407 e. The smallest absolute Gasteiger partial charge is 0.407 e. The largest absolute Gasteiger partial charge is 0.469 e. The summed E-state index contributed by atoms with van der Waals surface area (Å²) in [6.07, 6.45) is 1.03. The number of rotatable bonds is 15. The molecule has 2 aromatic carbocycles. The van der Waals surface area contributed by atoms with E-state index in [0.717, 1.165) is 12.7 Å². The number of esters is 2. The van der Waals surface area contributed by atoms with Crippen molar-refractivity contribution in [2.24, 2.45) is 0 Å². The first kappa shape index (κ1) is 30.7. The second-order valence-corrected chi connectivity index (χ2v) is 8.60. The van der Waals surface area contributed by atoms with E-state index < -0.39 is 40.8 Å². The Balaban J connectivity index is 1.86. The first-order valence-electron chi connectivity index (χ1n) is 12.4. The van der Waals surface area contributed by atoms with Crippen molar-refractivity contribution in [3.8, 4) is 0 Å². The number of carbonyl (C=O) groups excluding carboxylic acids is 4. The van der Waals surface area contributed by atoms with Crippen molar-refractivity contribution in [1.29, 1.82) is 0 Å². The summed E-state index contributed by atoms with van der Waals surface area (Å²) < 4.78 is 14.7. The van der Waals surface area contributed by atoms with Crippen LogP contribution in [0.4, 0.5) is 10.5 Å². The Morgan fingerprint density at radius 1 is 0.923 bits per heavy atom. The predicted molar refractivity (Wildman–Crippen MR) is 140 cm³/mol. The predicted octanol–water partition coefficient (Wildman–Crippen LogP) is 3.39. The number of ether oxygens (including phenoxy) is 3. The molecule has 12 nitrogen and oxygen atoms in total. The Hall–Kier alpha value is -4.48. The molecule has 0 aliphatic rings. The van der Waals surface area contributed by atoms with E-state index in [-0.39, 0.29) is 25.1 Å². The van der Waals surface area contributed by atoms with Crippen LogP contribution in [-0.2, 0) is 35.2 Å². The van der Waals surface area contributed by atoms with Gasteiger partial charge in [-0.2, -0.15) is 0 Å². The van der Waals surface area contributed by atoms with Gasteiger partial charge in [-0.3, -0.25) is 19.7 Å². The maximum absolute atomic E-state index is 12.7. The zero-order valence-corrected chi connectivity index (χ0v) is 21.9. The monoisotopic (exact) mass is 543 g/mol. The number of methoxy groups -OCH3 is 2. The number of nitrogens with zero attached hydrogens (tertiary/aromatic N) is 1. The van der Waals surface area contributed by atoms with Gasteiger partial charge >= 0.3 is 18.0 Å². The van der Waals surface area contributed by atoms with Gasteiger partial charge in [-0.15, -0.1) is 0 Å². The molecule has 0 unspecified atom stereocenters. The van der Waals surface area contributed by atoms with E-state index in [0.29, 0.717) is 31.4 Å². The Morgan fingerprint density at radius 3 is 2.23 bits per heavy atom. The minimum atomic E-state index is -1.22. The lowest BCUT2D eigenvalue weighted by Gasteiger charge is -2.26. The standard InChI is InChI=1S/C27H33N3O9/c1-37-24(32)17-22(20-12-14-21(15-13-20)30(35)36)25(26(33)38-2)29-23(31)11-7-4-8-16-28-27(34)39-18-19-9-5-3-6-10-19/h3,5-6,9-10,12-15,22,25H,4,7-8,11,16-18H2,1-2H3,(H,28,34)(H,29,31)/t22-,25+/m0/s1. The SMILES string of the molecule is COC(=O)C[C@@H](c1ccc([N+](=O)[O-])cc1)[C@@H](NC(=O)CCCCCNC(=O)OCc1ccccc1)C(=O)OC. The van der Waals surface area contributed by atoms with Crippen LogP contribution in [0.2, 0.25) is 0 Å². The lowest BCUT2D eigenvalue weighted by Crippen LogP contribution is -2.46. The van der Waals surface area contributed by atoms with Crippen LogP contribution < -0.4 is 10.6 Å². The van der Waals surface area contributed by atoms with E-state index in [4.69, 9.17) is 14.2 Å². The first-order valence-corrected chi connectivity index (χ1v) is 12.4. The molecule has 0 radical (unpaired) electrons. The molecule has 0 aromatic heterocycles. The Kier molecular flexibility index (Phi) is 12.9. The molecule has 0 saturated carbocycles. The fourth-order valence-electron chi connectivity index (χ4n) is 3.78. The number of carbonyl (C=O) groups is 4. The van der Waals surface area contributed by atoms with Gasteiger partial charge in [0.15, 0.2) is 0 Å².